The van der Waals surface area contributed by atoms with Crippen molar-refractivity contribution in [2.75, 3.05) is 13.2 Å². The lowest BCUT2D eigenvalue weighted by Crippen LogP contribution is -2.43. The second-order valence-electron chi connectivity index (χ2n) is 5.31. The first-order chi connectivity index (χ1) is 8.66. The molecule has 0 radical (unpaired) electrons. The van der Waals surface area contributed by atoms with Crippen LogP contribution in [0.2, 0.25) is 0 Å². The van der Waals surface area contributed by atoms with Gasteiger partial charge in [0.25, 0.3) is 0 Å². The average molecular weight is 255 g/mol. The van der Waals surface area contributed by atoms with E-state index in [0.29, 0.717) is 19.4 Å². The largest absolute Gasteiger partial charge is 0.481 e. The average Bonchev–Trinajstić information content (AvgIpc) is 2.40. The first kappa shape index (κ1) is 13.3. The van der Waals surface area contributed by atoms with Gasteiger partial charge < -0.3 is 15.2 Å². The van der Waals surface area contributed by atoms with Crippen molar-refractivity contribution >= 4 is 11.9 Å². The Labute approximate surface area is 107 Å². The predicted octanol–water partition coefficient (Wildman–Crippen LogP) is 1.17. The number of carbonyl (C=O) groups excluding carboxylic acids is 1. The van der Waals surface area contributed by atoms with Crippen LogP contribution >= 0.6 is 0 Å². The minimum Gasteiger partial charge on any atom is -0.481 e. The molecular formula is C13H21NO4. The molecule has 0 aromatic carbocycles. The maximum atomic E-state index is 12.0. The predicted molar refractivity (Wildman–Crippen MR) is 65.1 cm³/mol. The van der Waals surface area contributed by atoms with Gasteiger partial charge in [-0.2, -0.15) is 0 Å². The van der Waals surface area contributed by atoms with Crippen LogP contribution in [0.4, 0.5) is 0 Å². The summed E-state index contributed by atoms with van der Waals surface area (Å²) in [6.45, 7) is 1.28. The summed E-state index contributed by atoms with van der Waals surface area (Å²) in [5.41, 5.74) is 0. The highest BCUT2D eigenvalue weighted by atomic mass is 16.5. The molecule has 1 aliphatic carbocycles. The molecule has 5 nitrogen and oxygen atoms in total. The fraction of sp³-hybridized carbons (Fsp3) is 0.846. The Morgan fingerprint density at radius 2 is 1.78 bits per heavy atom. The lowest BCUT2D eigenvalue weighted by molar-refractivity contribution is -0.142. The summed E-state index contributed by atoms with van der Waals surface area (Å²) in [5, 5.41) is 11.9. The van der Waals surface area contributed by atoms with E-state index < -0.39 is 5.97 Å². The number of hydrogen-bond acceptors (Lipinski definition) is 3. The highest BCUT2D eigenvalue weighted by molar-refractivity contribution is 5.79. The number of hydrogen-bond donors (Lipinski definition) is 2. The molecule has 0 aromatic heterocycles. The second-order valence-corrected chi connectivity index (χ2v) is 5.31. The Bertz CT molecular complexity index is 304. The molecule has 102 valence electrons. The summed E-state index contributed by atoms with van der Waals surface area (Å²) in [6, 6.07) is 0.148. The van der Waals surface area contributed by atoms with Crippen LogP contribution in [0.15, 0.2) is 0 Å². The van der Waals surface area contributed by atoms with Crippen molar-refractivity contribution < 1.29 is 19.4 Å². The maximum Gasteiger partial charge on any atom is 0.306 e. The Morgan fingerprint density at radius 3 is 2.33 bits per heavy atom. The Balaban J connectivity index is 1.73. The second kappa shape index (κ2) is 6.18. The highest BCUT2D eigenvalue weighted by Crippen LogP contribution is 2.25. The Kier molecular flexibility index (Phi) is 4.58. The molecule has 1 saturated heterocycles. The summed E-state index contributed by atoms with van der Waals surface area (Å²) < 4.78 is 5.30. The first-order valence-electron chi connectivity index (χ1n) is 6.77. The number of amides is 1. The molecule has 2 N–H and O–H groups in total. The van der Waals surface area contributed by atoms with E-state index in [4.69, 9.17) is 9.84 Å². The summed E-state index contributed by atoms with van der Waals surface area (Å²) in [6.07, 6.45) is 4.73. The third-order valence-corrected chi connectivity index (χ3v) is 3.95. The minimum absolute atomic E-state index is 0.0176. The Morgan fingerprint density at radius 1 is 1.06 bits per heavy atom. The van der Waals surface area contributed by atoms with Crippen LogP contribution in [0, 0.1) is 11.8 Å². The zero-order chi connectivity index (χ0) is 13.0. The Hall–Kier alpha value is -1.10. The van der Waals surface area contributed by atoms with Crippen molar-refractivity contribution in [3.8, 4) is 0 Å². The summed E-state index contributed by atoms with van der Waals surface area (Å²) in [5.74, 6) is -0.874. The lowest BCUT2D eigenvalue weighted by atomic mass is 9.86. The van der Waals surface area contributed by atoms with Crippen LogP contribution in [0.3, 0.4) is 0 Å². The van der Waals surface area contributed by atoms with Gasteiger partial charge in [0.05, 0.1) is 18.4 Å². The normalized spacial score (nSPS) is 32.8. The van der Waals surface area contributed by atoms with Gasteiger partial charge in [-0.1, -0.05) is 0 Å². The molecule has 18 heavy (non-hydrogen) atoms. The molecule has 2 rings (SSSR count). The number of ether oxygens (including phenoxy) is 1. The number of carbonyl (C=O) groups is 2. The third kappa shape index (κ3) is 3.45. The van der Waals surface area contributed by atoms with Crippen LogP contribution in [-0.4, -0.2) is 36.2 Å². The molecule has 2 aliphatic rings. The van der Waals surface area contributed by atoms with E-state index in [2.05, 4.69) is 5.32 Å². The molecule has 1 aliphatic heterocycles. The van der Waals surface area contributed by atoms with E-state index in [-0.39, 0.29) is 23.8 Å². The van der Waals surface area contributed by atoms with Crippen molar-refractivity contribution in [2.24, 2.45) is 11.8 Å². The molecule has 5 heteroatoms. The van der Waals surface area contributed by atoms with Crippen molar-refractivity contribution in [2.45, 2.75) is 44.6 Å². The third-order valence-electron chi connectivity index (χ3n) is 3.95. The molecule has 0 bridgehead atoms. The number of aliphatic carboxylic acids is 1. The zero-order valence-electron chi connectivity index (χ0n) is 10.6. The zero-order valence-corrected chi connectivity index (χ0v) is 10.6. The van der Waals surface area contributed by atoms with E-state index in [1.165, 1.54) is 0 Å². The molecule has 1 heterocycles. The van der Waals surface area contributed by atoms with Crippen LogP contribution in [0.5, 0.6) is 0 Å². The van der Waals surface area contributed by atoms with Gasteiger partial charge in [-0.3, -0.25) is 9.59 Å². The van der Waals surface area contributed by atoms with Gasteiger partial charge >= 0.3 is 5.97 Å². The van der Waals surface area contributed by atoms with Gasteiger partial charge in [-0.25, -0.2) is 0 Å². The van der Waals surface area contributed by atoms with Gasteiger partial charge in [-0.15, -0.1) is 0 Å². The maximum absolute atomic E-state index is 12.0. The van der Waals surface area contributed by atoms with Crippen molar-refractivity contribution in [3.63, 3.8) is 0 Å². The van der Waals surface area contributed by atoms with Gasteiger partial charge in [0.2, 0.25) is 5.91 Å². The van der Waals surface area contributed by atoms with Gasteiger partial charge in [-0.05, 0) is 38.5 Å². The van der Waals surface area contributed by atoms with Crippen LogP contribution in [0.1, 0.15) is 38.5 Å². The summed E-state index contributed by atoms with van der Waals surface area (Å²) in [4.78, 5) is 22.8. The fourth-order valence-electron chi connectivity index (χ4n) is 2.75. The van der Waals surface area contributed by atoms with Crippen molar-refractivity contribution in [1.82, 2.24) is 5.32 Å². The highest BCUT2D eigenvalue weighted by Gasteiger charge is 2.29. The minimum atomic E-state index is -0.708. The quantitative estimate of drug-likeness (QED) is 0.794. The van der Waals surface area contributed by atoms with E-state index in [0.717, 1.165) is 32.3 Å². The van der Waals surface area contributed by atoms with Gasteiger partial charge in [0.15, 0.2) is 0 Å². The number of rotatable bonds is 3. The van der Waals surface area contributed by atoms with E-state index in [9.17, 15) is 9.59 Å². The SMILES string of the molecule is O=C(O)C1CCC(NC(=O)C2CCCOC2)CC1. The topological polar surface area (TPSA) is 75.6 Å². The summed E-state index contributed by atoms with van der Waals surface area (Å²) in [7, 11) is 0. The van der Waals surface area contributed by atoms with Crippen LogP contribution in [-0.2, 0) is 14.3 Å². The van der Waals surface area contributed by atoms with Crippen molar-refractivity contribution in [3.05, 3.63) is 0 Å². The molecule has 1 atom stereocenters. The summed E-state index contributed by atoms with van der Waals surface area (Å²) >= 11 is 0. The van der Waals surface area contributed by atoms with E-state index in [1.54, 1.807) is 0 Å². The van der Waals surface area contributed by atoms with E-state index in [1.807, 2.05) is 0 Å². The fourth-order valence-corrected chi connectivity index (χ4v) is 2.75. The molecule has 0 spiro atoms. The molecule has 0 aromatic rings. The van der Waals surface area contributed by atoms with Gasteiger partial charge in [0.1, 0.15) is 0 Å². The molecular weight excluding hydrogens is 234 g/mol. The monoisotopic (exact) mass is 255 g/mol. The number of carboxylic acids is 1. The first-order valence-corrected chi connectivity index (χ1v) is 6.77. The number of carboxylic acid groups (broad SMARTS) is 1. The lowest BCUT2D eigenvalue weighted by Gasteiger charge is -2.29. The van der Waals surface area contributed by atoms with Gasteiger partial charge in [0, 0.05) is 12.6 Å². The van der Waals surface area contributed by atoms with Crippen LogP contribution < -0.4 is 5.32 Å². The standard InChI is InChI=1S/C13H21NO4/c15-12(10-2-1-7-18-8-10)14-11-5-3-9(4-6-11)13(16)17/h9-11H,1-8H2,(H,14,15)(H,16,17). The van der Waals surface area contributed by atoms with Crippen molar-refractivity contribution in [1.29, 1.82) is 0 Å². The van der Waals surface area contributed by atoms with Crippen LogP contribution in [0.25, 0.3) is 0 Å². The van der Waals surface area contributed by atoms with E-state index >= 15 is 0 Å². The smallest absolute Gasteiger partial charge is 0.306 e. The molecule has 2 fully saturated rings. The number of nitrogens with one attached hydrogen (secondary N) is 1. The molecule has 1 unspecified atom stereocenters. The molecule has 1 amide bonds. The molecule has 1 saturated carbocycles.